The second-order valence-electron chi connectivity index (χ2n) is 5.92. The number of rotatable bonds is 4. The lowest BCUT2D eigenvalue weighted by molar-refractivity contribution is -0.111. The predicted molar refractivity (Wildman–Crippen MR) is 104 cm³/mol. The van der Waals surface area contributed by atoms with Gasteiger partial charge in [-0.15, -0.1) is 0 Å². The van der Waals surface area contributed by atoms with Gasteiger partial charge in [-0.3, -0.25) is 9.59 Å². The zero-order valence-corrected chi connectivity index (χ0v) is 14.5. The third-order valence-electron chi connectivity index (χ3n) is 4.04. The fourth-order valence-corrected chi connectivity index (χ4v) is 2.75. The Morgan fingerprint density at radius 1 is 1.18 bits per heavy atom. The maximum atomic E-state index is 13.2. The number of nitrogens with one attached hydrogen (secondary N) is 2. The van der Waals surface area contributed by atoms with Crippen LogP contribution in [0, 0.1) is 5.82 Å². The molecule has 0 aliphatic carbocycles. The van der Waals surface area contributed by atoms with E-state index in [-0.39, 0.29) is 17.3 Å². The number of para-hydroxylation sites is 2. The van der Waals surface area contributed by atoms with Crippen molar-refractivity contribution >= 4 is 28.7 Å². The van der Waals surface area contributed by atoms with E-state index in [2.05, 4.69) is 20.4 Å². The summed E-state index contributed by atoms with van der Waals surface area (Å²) in [6.45, 7) is 0. The Kier molecular flexibility index (Phi) is 4.51. The van der Waals surface area contributed by atoms with Gasteiger partial charge in [0, 0.05) is 6.08 Å². The zero-order valence-electron chi connectivity index (χ0n) is 14.5. The van der Waals surface area contributed by atoms with Crippen molar-refractivity contribution < 1.29 is 9.18 Å². The highest BCUT2D eigenvalue weighted by atomic mass is 19.1. The molecular weight excluding hydrogens is 361 g/mol. The summed E-state index contributed by atoms with van der Waals surface area (Å²) in [5, 5.41) is 7.33. The number of hydrogen-bond acceptors (Lipinski definition) is 4. The van der Waals surface area contributed by atoms with E-state index >= 15 is 0 Å². The van der Waals surface area contributed by atoms with Crippen molar-refractivity contribution in [3.8, 4) is 5.69 Å². The van der Waals surface area contributed by atoms with E-state index in [0.29, 0.717) is 28.0 Å². The van der Waals surface area contributed by atoms with Gasteiger partial charge in [-0.1, -0.05) is 24.3 Å². The Bertz CT molecular complexity index is 1260. The summed E-state index contributed by atoms with van der Waals surface area (Å²) in [5.74, 6) is -0.764. The molecule has 0 unspecified atom stereocenters. The van der Waals surface area contributed by atoms with E-state index in [1.165, 1.54) is 41.5 Å². The van der Waals surface area contributed by atoms with Crippen LogP contribution in [-0.2, 0) is 4.79 Å². The van der Waals surface area contributed by atoms with Crippen LogP contribution < -0.4 is 10.9 Å². The molecule has 2 aromatic heterocycles. The molecule has 8 heteroatoms. The number of aromatic nitrogens is 4. The van der Waals surface area contributed by atoms with Gasteiger partial charge in [0.25, 0.3) is 5.56 Å². The molecule has 0 saturated carbocycles. The molecular formula is C20H14FN5O2. The van der Waals surface area contributed by atoms with Gasteiger partial charge >= 0.3 is 0 Å². The number of carbonyl (C=O) groups is 1. The summed E-state index contributed by atoms with van der Waals surface area (Å²) in [6.07, 6.45) is 5.55. The number of aromatic amines is 1. The first-order chi connectivity index (χ1) is 13.6. The number of halogens is 1. The normalized spacial score (nSPS) is 11.2. The monoisotopic (exact) mass is 375 g/mol. The molecule has 0 atom stereocenters. The fourth-order valence-electron chi connectivity index (χ4n) is 2.75. The third-order valence-corrected chi connectivity index (χ3v) is 4.04. The standard InChI is InChI=1S/C20H14FN5O2/c21-14-5-3-4-13(10-14)8-9-18(27)25-16-6-1-2-7-17(16)26-19-15(11-24-26)20(28)23-12-22-19/h1-12H,(H,25,27)(H,22,23,28)/b9-8+. The molecule has 0 spiro atoms. The van der Waals surface area contributed by atoms with Crippen molar-refractivity contribution in [2.75, 3.05) is 5.32 Å². The summed E-state index contributed by atoms with van der Waals surface area (Å²) in [4.78, 5) is 30.9. The Labute approximate surface area is 158 Å². The maximum absolute atomic E-state index is 13.2. The highest BCUT2D eigenvalue weighted by molar-refractivity contribution is 6.03. The molecule has 2 heterocycles. The van der Waals surface area contributed by atoms with Crippen molar-refractivity contribution in [1.82, 2.24) is 19.7 Å². The van der Waals surface area contributed by atoms with Crippen molar-refractivity contribution in [2.45, 2.75) is 0 Å². The van der Waals surface area contributed by atoms with Gasteiger partial charge < -0.3 is 10.3 Å². The van der Waals surface area contributed by atoms with Crippen LogP contribution in [0.25, 0.3) is 22.8 Å². The van der Waals surface area contributed by atoms with Crippen molar-refractivity contribution in [2.24, 2.45) is 0 Å². The Hall–Kier alpha value is -4.07. The van der Waals surface area contributed by atoms with Crippen LogP contribution >= 0.6 is 0 Å². The molecule has 2 N–H and O–H groups in total. The lowest BCUT2D eigenvalue weighted by atomic mass is 10.2. The van der Waals surface area contributed by atoms with E-state index in [0.717, 1.165) is 0 Å². The van der Waals surface area contributed by atoms with Crippen LogP contribution in [0.1, 0.15) is 5.56 Å². The molecule has 0 bridgehead atoms. The number of carbonyl (C=O) groups excluding carboxylic acids is 1. The fraction of sp³-hybridized carbons (Fsp3) is 0. The molecule has 2 aromatic carbocycles. The zero-order chi connectivity index (χ0) is 19.5. The van der Waals surface area contributed by atoms with E-state index < -0.39 is 0 Å². The van der Waals surface area contributed by atoms with Crippen molar-refractivity contribution in [3.05, 3.63) is 88.9 Å². The smallest absolute Gasteiger partial charge is 0.261 e. The molecule has 7 nitrogen and oxygen atoms in total. The molecule has 28 heavy (non-hydrogen) atoms. The van der Waals surface area contributed by atoms with Gasteiger partial charge in [-0.2, -0.15) is 5.10 Å². The van der Waals surface area contributed by atoms with E-state index in [1.54, 1.807) is 36.4 Å². The average Bonchev–Trinajstić information content (AvgIpc) is 3.12. The molecule has 1 amide bonds. The predicted octanol–water partition coefficient (Wildman–Crippen LogP) is 2.90. The first-order valence-corrected chi connectivity index (χ1v) is 8.37. The van der Waals surface area contributed by atoms with Crippen LogP contribution in [0.5, 0.6) is 0 Å². The summed E-state index contributed by atoms with van der Waals surface area (Å²) in [5.41, 5.74) is 1.70. The van der Waals surface area contributed by atoms with Gasteiger partial charge in [0.1, 0.15) is 11.2 Å². The van der Waals surface area contributed by atoms with Gasteiger partial charge in [0.05, 0.1) is 23.9 Å². The SMILES string of the molecule is O=C(/C=C/c1cccc(F)c1)Nc1ccccc1-n1ncc2c(=O)[nH]cnc21. The molecule has 4 aromatic rings. The number of amides is 1. The van der Waals surface area contributed by atoms with E-state index in [9.17, 15) is 14.0 Å². The highest BCUT2D eigenvalue weighted by Crippen LogP contribution is 2.22. The quantitative estimate of drug-likeness (QED) is 0.537. The largest absolute Gasteiger partial charge is 0.321 e. The number of anilines is 1. The highest BCUT2D eigenvalue weighted by Gasteiger charge is 2.12. The van der Waals surface area contributed by atoms with Gasteiger partial charge in [0.2, 0.25) is 5.91 Å². The Morgan fingerprint density at radius 2 is 2.04 bits per heavy atom. The molecule has 0 aliphatic heterocycles. The number of H-pyrrole nitrogens is 1. The van der Waals surface area contributed by atoms with E-state index in [1.807, 2.05) is 0 Å². The summed E-state index contributed by atoms with van der Waals surface area (Å²) in [7, 11) is 0. The van der Waals surface area contributed by atoms with Gasteiger partial charge in [0.15, 0.2) is 5.65 Å². The van der Waals surface area contributed by atoms with Gasteiger partial charge in [-0.25, -0.2) is 14.1 Å². The molecule has 138 valence electrons. The minimum atomic E-state index is -0.390. The van der Waals surface area contributed by atoms with Crippen molar-refractivity contribution in [3.63, 3.8) is 0 Å². The Morgan fingerprint density at radius 3 is 2.89 bits per heavy atom. The first-order valence-electron chi connectivity index (χ1n) is 8.37. The Balaban J connectivity index is 1.64. The van der Waals surface area contributed by atoms with Gasteiger partial charge in [-0.05, 0) is 35.9 Å². The molecule has 0 saturated heterocycles. The minimum absolute atomic E-state index is 0.296. The summed E-state index contributed by atoms with van der Waals surface area (Å²) < 4.78 is 14.7. The number of nitrogens with zero attached hydrogens (tertiary/aromatic N) is 3. The van der Waals surface area contributed by atoms with E-state index in [4.69, 9.17) is 0 Å². The number of fused-ring (bicyclic) bond motifs is 1. The van der Waals surface area contributed by atoms with Crippen LogP contribution in [0.15, 0.2) is 71.9 Å². The number of hydrogen-bond donors (Lipinski definition) is 2. The van der Waals surface area contributed by atoms with Crippen LogP contribution in [-0.4, -0.2) is 25.7 Å². The van der Waals surface area contributed by atoms with Crippen molar-refractivity contribution in [1.29, 1.82) is 0 Å². The lowest BCUT2D eigenvalue weighted by Gasteiger charge is -2.10. The van der Waals surface area contributed by atoms with Crippen LogP contribution in [0.4, 0.5) is 10.1 Å². The first kappa shape index (κ1) is 17.3. The molecule has 0 fully saturated rings. The summed E-state index contributed by atoms with van der Waals surface area (Å²) >= 11 is 0. The topological polar surface area (TPSA) is 92.7 Å². The van der Waals surface area contributed by atoms with Crippen LogP contribution in [0.2, 0.25) is 0 Å². The average molecular weight is 375 g/mol. The second kappa shape index (κ2) is 7.28. The van der Waals surface area contributed by atoms with Crippen LogP contribution in [0.3, 0.4) is 0 Å². The molecule has 0 radical (unpaired) electrons. The maximum Gasteiger partial charge on any atom is 0.261 e. The molecule has 0 aliphatic rings. The minimum Gasteiger partial charge on any atom is -0.321 e. The lowest BCUT2D eigenvalue weighted by Crippen LogP contribution is -2.12. The molecule has 4 rings (SSSR count). The third kappa shape index (κ3) is 3.43. The second-order valence-corrected chi connectivity index (χ2v) is 5.92. The summed E-state index contributed by atoms with van der Waals surface area (Å²) in [6, 6.07) is 12.9. The number of benzene rings is 2.